The summed E-state index contributed by atoms with van der Waals surface area (Å²) >= 11 is 0. The van der Waals surface area contributed by atoms with E-state index < -0.39 is 0 Å². The number of hydrogen-bond donors (Lipinski definition) is 0. The molecule has 1 rings (SSSR count). The van der Waals surface area contributed by atoms with Gasteiger partial charge in [-0.05, 0) is 18.4 Å². The molecule has 0 spiro atoms. The fourth-order valence-corrected chi connectivity index (χ4v) is 1.24. The van der Waals surface area contributed by atoms with Crippen LogP contribution in [0.5, 0.6) is 0 Å². The van der Waals surface area contributed by atoms with E-state index in [0.29, 0.717) is 5.69 Å². The molecule has 0 atom stereocenters. The van der Waals surface area contributed by atoms with Crippen molar-refractivity contribution in [2.75, 3.05) is 0 Å². The minimum absolute atomic E-state index is 0.153. The molecule has 0 amide bonds. The van der Waals surface area contributed by atoms with Crippen molar-refractivity contribution in [3.63, 3.8) is 0 Å². The number of nitriles is 1. The molecule has 0 bridgehead atoms. The molecule has 0 unspecified atom stereocenters. The van der Waals surface area contributed by atoms with Crippen LogP contribution in [0.3, 0.4) is 0 Å². The zero-order valence-corrected chi connectivity index (χ0v) is 9.13. The van der Waals surface area contributed by atoms with Crippen LogP contribution < -0.4 is 0 Å². The maximum absolute atomic E-state index is 8.74. The smallest absolute Gasteiger partial charge is 0.144 e. The van der Waals surface area contributed by atoms with Crippen molar-refractivity contribution < 1.29 is 0 Å². The van der Waals surface area contributed by atoms with Gasteiger partial charge < -0.3 is 0 Å². The van der Waals surface area contributed by atoms with Crippen molar-refractivity contribution in [1.82, 2.24) is 9.97 Å². The second-order valence-corrected chi connectivity index (χ2v) is 4.66. The summed E-state index contributed by atoms with van der Waals surface area (Å²) in [6.07, 6.45) is 0.795. The Morgan fingerprint density at radius 2 is 2.00 bits per heavy atom. The van der Waals surface area contributed by atoms with E-state index in [2.05, 4.69) is 30.7 Å². The molecule has 14 heavy (non-hydrogen) atoms. The summed E-state index contributed by atoms with van der Waals surface area (Å²) in [5.41, 5.74) is 1.47. The first kappa shape index (κ1) is 10.6. The predicted molar refractivity (Wildman–Crippen MR) is 54.6 cm³/mol. The van der Waals surface area contributed by atoms with Gasteiger partial charge in [0.25, 0.3) is 0 Å². The van der Waals surface area contributed by atoms with Crippen LogP contribution >= 0.6 is 0 Å². The lowest BCUT2D eigenvalue weighted by molar-refractivity contribution is 0.400. The highest BCUT2D eigenvalue weighted by molar-refractivity contribution is 5.22. The minimum atomic E-state index is 0.153. The average Bonchev–Trinajstić information content (AvgIpc) is 1.99. The van der Waals surface area contributed by atoms with Crippen molar-refractivity contribution in [3.05, 3.63) is 23.3 Å². The fourth-order valence-electron chi connectivity index (χ4n) is 1.24. The zero-order valence-electron chi connectivity index (χ0n) is 9.13. The molecule has 0 aromatic carbocycles. The average molecular weight is 189 g/mol. The highest BCUT2D eigenvalue weighted by Crippen LogP contribution is 2.18. The normalized spacial score (nSPS) is 11.1. The second kappa shape index (κ2) is 3.75. The highest BCUT2D eigenvalue weighted by Gasteiger charge is 2.14. The molecule has 0 saturated heterocycles. The molecule has 74 valence electrons. The number of hydrogen-bond acceptors (Lipinski definition) is 3. The molecule has 1 aromatic rings. The first-order chi connectivity index (χ1) is 6.40. The van der Waals surface area contributed by atoms with Crippen molar-refractivity contribution >= 4 is 0 Å². The Morgan fingerprint density at radius 3 is 2.50 bits per heavy atom. The fraction of sp³-hybridized carbons (Fsp3) is 0.545. The Kier molecular flexibility index (Phi) is 2.85. The molecule has 3 heteroatoms. The molecule has 3 nitrogen and oxygen atoms in total. The van der Waals surface area contributed by atoms with E-state index in [9.17, 15) is 0 Å². The third kappa shape index (κ3) is 3.14. The minimum Gasteiger partial charge on any atom is -0.238 e. The number of aryl methyl sites for hydroxylation is 1. The summed E-state index contributed by atoms with van der Waals surface area (Å²) in [7, 11) is 0. The van der Waals surface area contributed by atoms with Gasteiger partial charge in [0.2, 0.25) is 0 Å². The molecular formula is C11H15N3. The Labute approximate surface area is 84.8 Å². The summed E-state index contributed by atoms with van der Waals surface area (Å²) < 4.78 is 0. The van der Waals surface area contributed by atoms with Crippen LogP contribution in [0.25, 0.3) is 0 Å². The number of aromatic nitrogens is 2. The summed E-state index contributed by atoms with van der Waals surface area (Å²) in [6, 6.07) is 3.74. The van der Waals surface area contributed by atoms with Crippen LogP contribution in [-0.4, -0.2) is 9.97 Å². The first-order valence-electron chi connectivity index (χ1n) is 4.65. The van der Waals surface area contributed by atoms with Crippen molar-refractivity contribution in [2.24, 2.45) is 5.41 Å². The Hall–Kier alpha value is -1.43. The monoisotopic (exact) mass is 189 g/mol. The molecule has 1 aromatic heterocycles. The molecule has 1 heterocycles. The van der Waals surface area contributed by atoms with E-state index in [0.717, 1.165) is 17.9 Å². The van der Waals surface area contributed by atoms with Crippen LogP contribution in [0.1, 0.15) is 38.0 Å². The van der Waals surface area contributed by atoms with Crippen molar-refractivity contribution in [2.45, 2.75) is 34.1 Å². The van der Waals surface area contributed by atoms with Crippen molar-refractivity contribution in [3.8, 4) is 6.07 Å². The quantitative estimate of drug-likeness (QED) is 0.680. The maximum atomic E-state index is 8.74. The highest BCUT2D eigenvalue weighted by atomic mass is 14.9. The van der Waals surface area contributed by atoms with E-state index in [4.69, 9.17) is 5.26 Å². The van der Waals surface area contributed by atoms with Gasteiger partial charge in [0.1, 0.15) is 17.6 Å². The predicted octanol–water partition coefficient (Wildman–Crippen LogP) is 2.25. The van der Waals surface area contributed by atoms with E-state index in [1.54, 1.807) is 6.07 Å². The largest absolute Gasteiger partial charge is 0.238 e. The van der Waals surface area contributed by atoms with Gasteiger partial charge in [0, 0.05) is 12.1 Å². The standard InChI is InChI=1S/C11H15N3/c1-8-5-9(7-12)14-10(13-8)6-11(2,3)4/h5H,6H2,1-4H3. The lowest BCUT2D eigenvalue weighted by Crippen LogP contribution is -2.13. The van der Waals surface area contributed by atoms with E-state index in [-0.39, 0.29) is 5.41 Å². The summed E-state index contributed by atoms with van der Waals surface area (Å²) in [4.78, 5) is 8.47. The van der Waals surface area contributed by atoms with Gasteiger partial charge in [0.15, 0.2) is 0 Å². The summed E-state index contributed by atoms with van der Waals surface area (Å²) in [5.74, 6) is 0.758. The molecule has 0 aliphatic carbocycles. The maximum Gasteiger partial charge on any atom is 0.144 e. The molecule has 0 fully saturated rings. The van der Waals surface area contributed by atoms with Crippen LogP contribution in [0.4, 0.5) is 0 Å². The lowest BCUT2D eigenvalue weighted by Gasteiger charge is -2.16. The van der Waals surface area contributed by atoms with E-state index in [1.807, 2.05) is 13.0 Å². The molecule has 0 aliphatic heterocycles. The lowest BCUT2D eigenvalue weighted by atomic mass is 9.92. The van der Waals surface area contributed by atoms with Gasteiger partial charge in [-0.3, -0.25) is 0 Å². The molecule has 0 N–H and O–H groups in total. The topological polar surface area (TPSA) is 49.6 Å². The SMILES string of the molecule is Cc1cc(C#N)nc(CC(C)(C)C)n1. The molecular weight excluding hydrogens is 174 g/mol. The zero-order chi connectivity index (χ0) is 10.8. The molecule has 0 saturated carbocycles. The van der Waals surface area contributed by atoms with Crippen LogP contribution in [0.2, 0.25) is 0 Å². The Morgan fingerprint density at radius 1 is 1.36 bits per heavy atom. The molecule has 0 radical (unpaired) electrons. The Balaban J connectivity index is 3.00. The van der Waals surface area contributed by atoms with E-state index in [1.165, 1.54) is 0 Å². The Bertz CT molecular complexity index is 369. The van der Waals surface area contributed by atoms with Crippen LogP contribution in [0, 0.1) is 23.7 Å². The van der Waals surface area contributed by atoms with Gasteiger partial charge in [-0.2, -0.15) is 5.26 Å². The van der Waals surface area contributed by atoms with Gasteiger partial charge in [0.05, 0.1) is 0 Å². The first-order valence-corrected chi connectivity index (χ1v) is 4.65. The third-order valence-corrected chi connectivity index (χ3v) is 1.70. The van der Waals surface area contributed by atoms with Gasteiger partial charge in [-0.15, -0.1) is 0 Å². The van der Waals surface area contributed by atoms with Gasteiger partial charge in [-0.25, -0.2) is 9.97 Å². The van der Waals surface area contributed by atoms with Gasteiger partial charge in [-0.1, -0.05) is 20.8 Å². The van der Waals surface area contributed by atoms with Gasteiger partial charge >= 0.3 is 0 Å². The number of rotatable bonds is 1. The van der Waals surface area contributed by atoms with E-state index >= 15 is 0 Å². The third-order valence-electron chi connectivity index (χ3n) is 1.70. The molecule has 0 aliphatic rings. The summed E-state index contributed by atoms with van der Waals surface area (Å²) in [6.45, 7) is 8.27. The van der Waals surface area contributed by atoms with Crippen LogP contribution in [0.15, 0.2) is 6.07 Å². The summed E-state index contributed by atoms with van der Waals surface area (Å²) in [5, 5.41) is 8.74. The second-order valence-electron chi connectivity index (χ2n) is 4.66. The van der Waals surface area contributed by atoms with Crippen molar-refractivity contribution in [1.29, 1.82) is 5.26 Å². The number of nitrogens with zero attached hydrogens (tertiary/aromatic N) is 3. The van der Waals surface area contributed by atoms with Crippen LogP contribution in [-0.2, 0) is 6.42 Å².